The normalized spacial score (nSPS) is 11.3. The summed E-state index contributed by atoms with van der Waals surface area (Å²) in [5.41, 5.74) is 0. The molecule has 0 atom stereocenters. The Morgan fingerprint density at radius 3 is 2.36 bits per heavy atom. The van der Waals surface area contributed by atoms with Crippen molar-refractivity contribution < 1.29 is 13.2 Å². The number of amides is 1. The second-order valence-electron chi connectivity index (χ2n) is 2.73. The highest BCUT2D eigenvalue weighted by molar-refractivity contribution is 7.89. The van der Waals surface area contributed by atoms with Gasteiger partial charge in [-0.05, 0) is 14.1 Å². The first kappa shape index (κ1) is 13.3. The lowest BCUT2D eigenvalue weighted by atomic mass is 10.4. The molecule has 84 valence electrons. The third kappa shape index (κ3) is 6.81. The van der Waals surface area contributed by atoms with E-state index in [9.17, 15) is 13.2 Å². The average molecular weight is 223 g/mol. The van der Waals surface area contributed by atoms with Gasteiger partial charge in [0.1, 0.15) is 0 Å². The van der Waals surface area contributed by atoms with Gasteiger partial charge >= 0.3 is 0 Å². The molecule has 0 saturated carbocycles. The Bertz CT molecular complexity index is 263. The monoisotopic (exact) mass is 223 g/mol. The molecule has 3 N–H and O–H groups in total. The van der Waals surface area contributed by atoms with Gasteiger partial charge < -0.3 is 10.6 Å². The Balaban J connectivity index is 3.59. The van der Waals surface area contributed by atoms with E-state index in [-0.39, 0.29) is 18.2 Å². The summed E-state index contributed by atoms with van der Waals surface area (Å²) < 4.78 is 24.0. The van der Waals surface area contributed by atoms with Crippen LogP contribution in [0, 0.1) is 0 Å². The molecule has 0 heterocycles. The van der Waals surface area contributed by atoms with Crippen LogP contribution in [-0.2, 0) is 14.8 Å². The molecule has 0 aromatic rings. The summed E-state index contributed by atoms with van der Waals surface area (Å²) in [4.78, 5) is 11.0. The van der Waals surface area contributed by atoms with E-state index in [1.807, 2.05) is 0 Å². The van der Waals surface area contributed by atoms with Gasteiger partial charge in [-0.3, -0.25) is 4.79 Å². The van der Waals surface area contributed by atoms with Crippen LogP contribution < -0.4 is 15.4 Å². The minimum Gasteiger partial charge on any atom is -0.355 e. The van der Waals surface area contributed by atoms with Crippen LogP contribution in [0.5, 0.6) is 0 Å². The molecule has 0 aliphatic heterocycles. The third-order valence-corrected chi connectivity index (χ3v) is 2.97. The smallest absolute Gasteiger partial charge is 0.221 e. The summed E-state index contributed by atoms with van der Waals surface area (Å²) in [6.45, 7) is 0.732. The molecule has 0 fully saturated rings. The summed E-state index contributed by atoms with van der Waals surface area (Å²) in [6, 6.07) is 0. The number of sulfonamides is 1. The van der Waals surface area contributed by atoms with Crippen LogP contribution in [-0.4, -0.2) is 47.3 Å². The highest BCUT2D eigenvalue weighted by Gasteiger charge is 2.07. The molecule has 6 nitrogen and oxygen atoms in total. The molecule has 0 unspecified atom stereocenters. The number of hydrogen-bond acceptors (Lipinski definition) is 4. The largest absolute Gasteiger partial charge is 0.355 e. The molecule has 0 aliphatic carbocycles. The highest BCUT2D eigenvalue weighted by Crippen LogP contribution is 1.81. The van der Waals surface area contributed by atoms with Gasteiger partial charge in [0.15, 0.2) is 0 Å². The highest BCUT2D eigenvalue weighted by atomic mass is 32.2. The van der Waals surface area contributed by atoms with Crippen molar-refractivity contribution in [3.63, 3.8) is 0 Å². The van der Waals surface area contributed by atoms with E-state index in [0.29, 0.717) is 13.0 Å². The summed E-state index contributed by atoms with van der Waals surface area (Å²) >= 11 is 0. The fourth-order valence-corrected chi connectivity index (χ4v) is 1.33. The Morgan fingerprint density at radius 1 is 1.21 bits per heavy atom. The number of carbonyl (C=O) groups is 1. The zero-order chi connectivity index (χ0) is 11.0. The topological polar surface area (TPSA) is 87.3 Å². The molecule has 0 saturated heterocycles. The first-order chi connectivity index (χ1) is 6.52. The lowest BCUT2D eigenvalue weighted by Gasteiger charge is -2.04. The summed E-state index contributed by atoms with van der Waals surface area (Å²) in [5, 5.41) is 5.33. The van der Waals surface area contributed by atoms with Gasteiger partial charge in [-0.25, -0.2) is 13.1 Å². The van der Waals surface area contributed by atoms with Crippen molar-refractivity contribution in [2.24, 2.45) is 0 Å². The lowest BCUT2D eigenvalue weighted by Crippen LogP contribution is -2.33. The van der Waals surface area contributed by atoms with Crippen LogP contribution >= 0.6 is 0 Å². The first-order valence-corrected chi connectivity index (χ1v) is 5.99. The second kappa shape index (κ2) is 6.74. The van der Waals surface area contributed by atoms with Crippen molar-refractivity contribution >= 4 is 15.9 Å². The van der Waals surface area contributed by atoms with Crippen LogP contribution in [0.25, 0.3) is 0 Å². The molecule has 0 aliphatic rings. The molecule has 0 spiro atoms. The zero-order valence-electron chi connectivity index (χ0n) is 8.46. The van der Waals surface area contributed by atoms with Gasteiger partial charge in [-0.1, -0.05) is 0 Å². The molecule has 0 aromatic carbocycles. The molecule has 7 heteroatoms. The van der Waals surface area contributed by atoms with E-state index in [4.69, 9.17) is 0 Å². The molecule has 0 radical (unpaired) electrons. The van der Waals surface area contributed by atoms with Gasteiger partial charge in [0.25, 0.3) is 0 Å². The van der Waals surface area contributed by atoms with Gasteiger partial charge in [-0.15, -0.1) is 0 Å². The van der Waals surface area contributed by atoms with Gasteiger partial charge in [0.05, 0.1) is 5.75 Å². The maximum Gasteiger partial charge on any atom is 0.221 e. The van der Waals surface area contributed by atoms with E-state index in [0.717, 1.165) is 0 Å². The van der Waals surface area contributed by atoms with Crippen molar-refractivity contribution in [3.05, 3.63) is 0 Å². The maximum absolute atomic E-state index is 11.0. The third-order valence-electron chi connectivity index (χ3n) is 1.61. The van der Waals surface area contributed by atoms with Crippen molar-refractivity contribution in [3.8, 4) is 0 Å². The molecule has 1 amide bonds. The number of nitrogens with one attached hydrogen (secondary N) is 3. The summed E-state index contributed by atoms with van der Waals surface area (Å²) in [7, 11) is -0.122. The van der Waals surface area contributed by atoms with Crippen LogP contribution in [0.4, 0.5) is 0 Å². The molecule has 14 heavy (non-hydrogen) atoms. The Hall–Kier alpha value is -0.660. The predicted molar refractivity (Wildman–Crippen MR) is 54.4 cm³/mol. The van der Waals surface area contributed by atoms with E-state index >= 15 is 0 Å². The van der Waals surface area contributed by atoms with Crippen molar-refractivity contribution in [1.29, 1.82) is 0 Å². The molecule has 0 rings (SSSR count). The van der Waals surface area contributed by atoms with Crippen molar-refractivity contribution in [1.82, 2.24) is 15.4 Å². The van der Waals surface area contributed by atoms with Crippen LogP contribution in [0.15, 0.2) is 0 Å². The maximum atomic E-state index is 11.0. The van der Waals surface area contributed by atoms with E-state index in [2.05, 4.69) is 15.4 Å². The molecular weight excluding hydrogens is 206 g/mol. The van der Waals surface area contributed by atoms with Gasteiger partial charge in [0.2, 0.25) is 15.9 Å². The number of hydrogen-bond donors (Lipinski definition) is 3. The zero-order valence-corrected chi connectivity index (χ0v) is 9.28. The fourth-order valence-electron chi connectivity index (χ4n) is 0.754. The lowest BCUT2D eigenvalue weighted by molar-refractivity contribution is -0.120. The summed E-state index contributed by atoms with van der Waals surface area (Å²) in [6.07, 6.45) is 0.357. The summed E-state index contributed by atoms with van der Waals surface area (Å²) in [5.74, 6) is -0.236. The minimum atomic E-state index is -3.22. The standard InChI is InChI=1S/C7H17N3O3S/c1-8-4-3-7(11)10-5-6-14(12,13)9-2/h8-9H,3-6H2,1-2H3,(H,10,11). The fraction of sp³-hybridized carbons (Fsp3) is 0.857. The van der Waals surface area contributed by atoms with Crippen LogP contribution in [0.3, 0.4) is 0 Å². The van der Waals surface area contributed by atoms with E-state index < -0.39 is 10.0 Å². The van der Waals surface area contributed by atoms with Gasteiger partial charge in [0, 0.05) is 19.5 Å². The van der Waals surface area contributed by atoms with Crippen LogP contribution in [0.2, 0.25) is 0 Å². The van der Waals surface area contributed by atoms with E-state index in [1.165, 1.54) is 7.05 Å². The minimum absolute atomic E-state index is 0.0885. The van der Waals surface area contributed by atoms with Crippen molar-refractivity contribution in [2.45, 2.75) is 6.42 Å². The van der Waals surface area contributed by atoms with Gasteiger partial charge in [-0.2, -0.15) is 0 Å². The second-order valence-corrected chi connectivity index (χ2v) is 4.77. The Kier molecular flexibility index (Phi) is 6.43. The SMILES string of the molecule is CNCCC(=O)NCCS(=O)(=O)NC. The van der Waals surface area contributed by atoms with Crippen LogP contribution in [0.1, 0.15) is 6.42 Å². The Morgan fingerprint density at radius 2 is 1.86 bits per heavy atom. The number of rotatable bonds is 7. The quantitative estimate of drug-likeness (QED) is 0.478. The first-order valence-electron chi connectivity index (χ1n) is 4.34. The van der Waals surface area contributed by atoms with Crippen molar-refractivity contribution in [2.75, 3.05) is 32.9 Å². The average Bonchev–Trinajstić information content (AvgIpc) is 2.14. The molecular formula is C7H17N3O3S. The van der Waals surface area contributed by atoms with E-state index in [1.54, 1.807) is 7.05 Å². The molecule has 0 bridgehead atoms. The predicted octanol–water partition coefficient (Wildman–Crippen LogP) is -1.74. The molecule has 0 aromatic heterocycles. The Labute approximate surface area is 84.5 Å². The number of carbonyl (C=O) groups excluding carboxylic acids is 1.